The van der Waals surface area contributed by atoms with Crippen LogP contribution in [0.2, 0.25) is 5.02 Å². The number of nitrogens with one attached hydrogen (secondary N) is 2. The fraction of sp³-hybridized carbons (Fsp3) is 0.0909. The molecule has 0 aliphatic heterocycles. The van der Waals surface area contributed by atoms with Crippen LogP contribution in [0.15, 0.2) is 75.1 Å². The molecular formula is C22H16ClN7O2S3. The second-order valence-electron chi connectivity index (χ2n) is 7.13. The average Bonchev–Trinajstić information content (AvgIpc) is 3.50. The van der Waals surface area contributed by atoms with Crippen LogP contribution in [-0.4, -0.2) is 41.6 Å². The summed E-state index contributed by atoms with van der Waals surface area (Å²) in [5.41, 5.74) is 2.01. The van der Waals surface area contributed by atoms with Crippen LogP contribution in [-0.2, 0) is 10.5 Å². The lowest BCUT2D eigenvalue weighted by Gasteiger charge is -2.04. The normalized spacial score (nSPS) is 11.1. The predicted octanol–water partition coefficient (Wildman–Crippen LogP) is 4.64. The van der Waals surface area contributed by atoms with Gasteiger partial charge in [-0.1, -0.05) is 76.8 Å². The SMILES string of the molecule is O=C(CSc1nc2c(cnn2-c2ccccc2)c(=O)[nH]1)Nc1nnc(SCc2ccc(Cl)cc2)s1. The number of anilines is 1. The molecule has 35 heavy (non-hydrogen) atoms. The highest BCUT2D eigenvalue weighted by atomic mass is 35.5. The predicted molar refractivity (Wildman–Crippen MR) is 140 cm³/mol. The molecule has 0 saturated heterocycles. The minimum absolute atomic E-state index is 0.0424. The van der Waals surface area contributed by atoms with Gasteiger partial charge in [0.05, 0.1) is 17.6 Å². The Morgan fingerprint density at radius 2 is 1.89 bits per heavy atom. The largest absolute Gasteiger partial charge is 0.301 e. The summed E-state index contributed by atoms with van der Waals surface area (Å²) < 4.78 is 2.34. The number of fused-ring (bicyclic) bond motifs is 1. The Hall–Kier alpha value is -3.19. The third kappa shape index (κ3) is 5.73. The zero-order chi connectivity index (χ0) is 24.2. The monoisotopic (exact) mass is 541 g/mol. The first kappa shape index (κ1) is 23.5. The lowest BCUT2D eigenvalue weighted by atomic mass is 10.2. The maximum Gasteiger partial charge on any atom is 0.262 e. The second kappa shape index (κ2) is 10.6. The van der Waals surface area contributed by atoms with Gasteiger partial charge in [0, 0.05) is 10.8 Å². The summed E-state index contributed by atoms with van der Waals surface area (Å²) in [6.45, 7) is 0. The Bertz CT molecular complexity index is 1530. The first-order chi connectivity index (χ1) is 17.0. The van der Waals surface area contributed by atoms with E-state index in [1.54, 1.807) is 4.68 Å². The molecule has 9 nitrogen and oxygen atoms in total. The minimum Gasteiger partial charge on any atom is -0.301 e. The number of amides is 1. The molecule has 2 N–H and O–H groups in total. The molecule has 0 radical (unpaired) electrons. The van der Waals surface area contributed by atoms with Crippen LogP contribution < -0.4 is 10.9 Å². The van der Waals surface area contributed by atoms with Crippen molar-refractivity contribution in [2.45, 2.75) is 15.2 Å². The molecule has 3 aromatic heterocycles. The topological polar surface area (TPSA) is 118 Å². The number of halogens is 1. The number of aromatic nitrogens is 6. The fourth-order valence-corrected chi connectivity index (χ4v) is 5.56. The number of hydrogen-bond acceptors (Lipinski definition) is 9. The van der Waals surface area contributed by atoms with Crippen LogP contribution in [0.4, 0.5) is 5.13 Å². The third-order valence-electron chi connectivity index (χ3n) is 4.69. The summed E-state index contributed by atoms with van der Waals surface area (Å²) in [6.07, 6.45) is 1.48. The quantitative estimate of drug-likeness (QED) is 0.166. The van der Waals surface area contributed by atoms with E-state index >= 15 is 0 Å². The first-order valence-electron chi connectivity index (χ1n) is 10.2. The highest BCUT2D eigenvalue weighted by Gasteiger charge is 2.14. The van der Waals surface area contributed by atoms with E-state index in [9.17, 15) is 9.59 Å². The van der Waals surface area contributed by atoms with Crippen LogP contribution in [0.3, 0.4) is 0 Å². The Morgan fingerprint density at radius 1 is 1.09 bits per heavy atom. The van der Waals surface area contributed by atoms with Gasteiger partial charge in [0.25, 0.3) is 5.56 Å². The maximum absolute atomic E-state index is 12.5. The number of carbonyl (C=O) groups is 1. The molecule has 2 aromatic carbocycles. The van der Waals surface area contributed by atoms with Crippen LogP contribution in [0.1, 0.15) is 5.56 Å². The van der Waals surface area contributed by atoms with Crippen molar-refractivity contribution in [3.63, 3.8) is 0 Å². The van der Waals surface area contributed by atoms with Crippen LogP contribution in [0, 0.1) is 0 Å². The summed E-state index contributed by atoms with van der Waals surface area (Å²) in [5.74, 6) is 0.483. The summed E-state index contributed by atoms with van der Waals surface area (Å²) in [7, 11) is 0. The molecule has 13 heteroatoms. The summed E-state index contributed by atoms with van der Waals surface area (Å²) >= 11 is 9.86. The van der Waals surface area contributed by atoms with E-state index < -0.39 is 0 Å². The molecule has 5 aromatic rings. The van der Waals surface area contributed by atoms with Gasteiger partial charge in [0.1, 0.15) is 5.39 Å². The van der Waals surface area contributed by atoms with Crippen molar-refractivity contribution in [1.82, 2.24) is 29.9 Å². The molecule has 5 rings (SSSR count). The molecule has 0 bridgehead atoms. The van der Waals surface area contributed by atoms with E-state index in [4.69, 9.17) is 11.6 Å². The Kier molecular flexibility index (Phi) is 7.13. The van der Waals surface area contributed by atoms with Gasteiger partial charge >= 0.3 is 0 Å². The van der Waals surface area contributed by atoms with Gasteiger partial charge in [-0.2, -0.15) is 5.10 Å². The molecular weight excluding hydrogens is 526 g/mol. The van der Waals surface area contributed by atoms with E-state index in [2.05, 4.69) is 30.6 Å². The van der Waals surface area contributed by atoms with Gasteiger partial charge in [-0.05, 0) is 29.8 Å². The van der Waals surface area contributed by atoms with Gasteiger partial charge in [-0.15, -0.1) is 10.2 Å². The number of nitrogens with zero attached hydrogens (tertiary/aromatic N) is 5. The van der Waals surface area contributed by atoms with E-state index in [0.717, 1.165) is 33.1 Å². The Morgan fingerprint density at radius 3 is 2.69 bits per heavy atom. The van der Waals surface area contributed by atoms with Gasteiger partial charge in [-0.3, -0.25) is 14.9 Å². The van der Waals surface area contributed by atoms with Gasteiger partial charge < -0.3 is 4.98 Å². The van der Waals surface area contributed by atoms with Crippen LogP contribution >= 0.6 is 46.5 Å². The highest BCUT2D eigenvalue weighted by molar-refractivity contribution is 8.00. The van der Waals surface area contributed by atoms with Crippen molar-refractivity contribution in [3.05, 3.63) is 81.7 Å². The standard InChI is InChI=1S/C22H16ClN7O2S3/c23-14-8-6-13(7-9-14)11-34-22-29-28-21(35-22)25-17(31)12-33-20-26-18-16(19(32)27-20)10-24-30(18)15-4-2-1-3-5-15/h1-10H,11-12H2,(H,25,28,31)(H,26,27,32). The number of carbonyl (C=O) groups excluding carboxylic acids is 1. The van der Waals surface area contributed by atoms with E-state index in [1.807, 2.05) is 54.6 Å². The first-order valence-corrected chi connectivity index (χ1v) is 13.4. The van der Waals surface area contributed by atoms with E-state index in [-0.39, 0.29) is 17.2 Å². The summed E-state index contributed by atoms with van der Waals surface area (Å²) in [4.78, 5) is 32.1. The number of benzene rings is 2. The number of thioether (sulfide) groups is 2. The van der Waals surface area contributed by atoms with Crippen molar-refractivity contribution in [2.24, 2.45) is 0 Å². The molecule has 0 unspecified atom stereocenters. The number of para-hydroxylation sites is 1. The summed E-state index contributed by atoms with van der Waals surface area (Å²) in [5, 5.41) is 17.0. The Balaban J connectivity index is 1.20. The van der Waals surface area contributed by atoms with Crippen molar-refractivity contribution < 1.29 is 4.79 Å². The van der Waals surface area contributed by atoms with Crippen LogP contribution in [0.25, 0.3) is 16.7 Å². The molecule has 0 saturated carbocycles. The molecule has 0 fully saturated rings. The molecule has 0 aliphatic rings. The number of aromatic amines is 1. The smallest absolute Gasteiger partial charge is 0.262 e. The van der Waals surface area contributed by atoms with Crippen molar-refractivity contribution >= 4 is 68.5 Å². The molecule has 0 atom stereocenters. The minimum atomic E-state index is -0.313. The average molecular weight is 542 g/mol. The number of rotatable bonds is 8. The third-order valence-corrected chi connectivity index (χ3v) is 7.85. The van der Waals surface area contributed by atoms with Crippen molar-refractivity contribution in [2.75, 3.05) is 11.1 Å². The maximum atomic E-state index is 12.5. The summed E-state index contributed by atoms with van der Waals surface area (Å²) in [6, 6.07) is 17.0. The van der Waals surface area contributed by atoms with Crippen LogP contribution in [0.5, 0.6) is 0 Å². The van der Waals surface area contributed by atoms with E-state index in [1.165, 1.54) is 29.3 Å². The van der Waals surface area contributed by atoms with Gasteiger partial charge in [0.15, 0.2) is 15.1 Å². The second-order valence-corrected chi connectivity index (χ2v) is 10.7. The number of H-pyrrole nitrogens is 1. The lowest BCUT2D eigenvalue weighted by Crippen LogP contribution is -2.15. The molecule has 1 amide bonds. The van der Waals surface area contributed by atoms with Crippen molar-refractivity contribution in [3.8, 4) is 5.69 Å². The molecule has 176 valence electrons. The Labute approximate surface area is 216 Å². The zero-order valence-corrected chi connectivity index (χ0v) is 21.0. The molecule has 3 heterocycles. The van der Waals surface area contributed by atoms with Gasteiger partial charge in [0.2, 0.25) is 11.0 Å². The highest BCUT2D eigenvalue weighted by Crippen LogP contribution is 2.29. The molecule has 0 spiro atoms. The number of hydrogen-bond donors (Lipinski definition) is 2. The zero-order valence-electron chi connectivity index (χ0n) is 17.8. The lowest BCUT2D eigenvalue weighted by molar-refractivity contribution is -0.113. The van der Waals surface area contributed by atoms with Gasteiger partial charge in [-0.25, -0.2) is 9.67 Å². The van der Waals surface area contributed by atoms with Crippen molar-refractivity contribution in [1.29, 1.82) is 0 Å². The fourth-order valence-electron chi connectivity index (χ4n) is 3.06. The van der Waals surface area contributed by atoms with E-state index in [0.29, 0.717) is 26.3 Å². The molecule has 0 aliphatic carbocycles.